The molecule has 0 amide bonds. The number of halogens is 2. The lowest BCUT2D eigenvalue weighted by Gasteiger charge is -2.06. The minimum atomic E-state index is -2.43. The molecule has 1 rings (SSSR count). The van der Waals surface area contributed by atoms with Gasteiger partial charge in [0, 0.05) is 24.7 Å². The second kappa shape index (κ2) is 4.87. The Kier molecular flexibility index (Phi) is 3.76. The number of pyridine rings is 1. The lowest BCUT2D eigenvalue weighted by Crippen LogP contribution is -2.12. The fourth-order valence-electron chi connectivity index (χ4n) is 1.10. The van der Waals surface area contributed by atoms with Crippen LogP contribution in [-0.4, -0.2) is 18.6 Å². The summed E-state index contributed by atoms with van der Waals surface area (Å²) in [5.74, 6) is 0. The van der Waals surface area contributed by atoms with Crippen LogP contribution in [0.3, 0.4) is 0 Å². The van der Waals surface area contributed by atoms with Crippen LogP contribution in [0.1, 0.15) is 17.7 Å². The molecule has 0 aromatic carbocycles. The molecule has 2 nitrogen and oxygen atoms in total. The number of likely N-dealkylation sites (N-methyl/N-ethyl adjacent to an activating group) is 1. The van der Waals surface area contributed by atoms with Gasteiger partial charge in [0.15, 0.2) is 0 Å². The number of rotatable bonds is 4. The summed E-state index contributed by atoms with van der Waals surface area (Å²) >= 11 is 0. The number of hydrogen-bond donors (Lipinski definition) is 1. The quantitative estimate of drug-likeness (QED) is 0.775. The van der Waals surface area contributed by atoms with Crippen molar-refractivity contribution in [3.63, 3.8) is 0 Å². The molecule has 0 atom stereocenters. The minimum absolute atomic E-state index is 0.0396. The van der Waals surface area contributed by atoms with Gasteiger partial charge < -0.3 is 5.32 Å². The molecule has 0 saturated carbocycles. The maximum absolute atomic E-state index is 12.4. The number of aromatic nitrogens is 1. The van der Waals surface area contributed by atoms with Gasteiger partial charge in [-0.3, -0.25) is 4.98 Å². The summed E-state index contributed by atoms with van der Waals surface area (Å²) < 4.78 is 24.8. The van der Waals surface area contributed by atoms with E-state index >= 15 is 0 Å². The summed E-state index contributed by atoms with van der Waals surface area (Å²) in [6.45, 7) is 0.663. The SMILES string of the molecule is CNCCc1ncccc1C(F)F. The van der Waals surface area contributed by atoms with Crippen LogP contribution >= 0.6 is 0 Å². The average Bonchev–Trinajstić information content (AvgIpc) is 2.15. The Morgan fingerprint density at radius 3 is 2.92 bits per heavy atom. The van der Waals surface area contributed by atoms with Crippen molar-refractivity contribution in [1.82, 2.24) is 10.3 Å². The average molecular weight is 186 g/mol. The fraction of sp³-hybridized carbons (Fsp3) is 0.444. The molecule has 0 unspecified atom stereocenters. The van der Waals surface area contributed by atoms with Crippen molar-refractivity contribution in [1.29, 1.82) is 0 Å². The molecule has 0 fully saturated rings. The van der Waals surface area contributed by atoms with Crippen molar-refractivity contribution < 1.29 is 8.78 Å². The molecule has 0 saturated heterocycles. The molecule has 1 aromatic rings. The summed E-state index contributed by atoms with van der Waals surface area (Å²) in [4.78, 5) is 3.92. The highest BCUT2D eigenvalue weighted by atomic mass is 19.3. The zero-order valence-electron chi connectivity index (χ0n) is 7.43. The second-order valence-electron chi connectivity index (χ2n) is 2.69. The Labute approximate surface area is 76.0 Å². The summed E-state index contributed by atoms with van der Waals surface area (Å²) in [5, 5.41) is 2.90. The third kappa shape index (κ3) is 2.73. The highest BCUT2D eigenvalue weighted by Gasteiger charge is 2.12. The molecule has 0 aliphatic carbocycles. The van der Waals surface area contributed by atoms with Gasteiger partial charge in [0.05, 0.1) is 5.69 Å². The Bertz CT molecular complexity index is 264. The summed E-state index contributed by atoms with van der Waals surface area (Å²) in [6.07, 6.45) is -0.353. The van der Waals surface area contributed by atoms with Gasteiger partial charge in [-0.25, -0.2) is 8.78 Å². The van der Waals surface area contributed by atoms with E-state index in [9.17, 15) is 8.78 Å². The van der Waals surface area contributed by atoms with E-state index in [1.165, 1.54) is 18.3 Å². The van der Waals surface area contributed by atoms with Crippen molar-refractivity contribution in [3.05, 3.63) is 29.6 Å². The third-order valence-corrected chi connectivity index (χ3v) is 1.77. The van der Waals surface area contributed by atoms with Gasteiger partial charge in [0.2, 0.25) is 0 Å². The number of nitrogens with one attached hydrogen (secondary N) is 1. The molecule has 1 aromatic heterocycles. The smallest absolute Gasteiger partial charge is 0.265 e. The van der Waals surface area contributed by atoms with Crippen LogP contribution in [0.4, 0.5) is 8.78 Å². The van der Waals surface area contributed by atoms with Crippen molar-refractivity contribution in [2.45, 2.75) is 12.8 Å². The van der Waals surface area contributed by atoms with E-state index in [0.717, 1.165) is 0 Å². The molecule has 1 heterocycles. The van der Waals surface area contributed by atoms with E-state index < -0.39 is 6.43 Å². The molecule has 4 heteroatoms. The Balaban J connectivity index is 2.78. The lowest BCUT2D eigenvalue weighted by molar-refractivity contribution is 0.149. The van der Waals surface area contributed by atoms with Crippen molar-refractivity contribution in [2.24, 2.45) is 0 Å². The van der Waals surface area contributed by atoms with Crippen LogP contribution in [0.15, 0.2) is 18.3 Å². The Hall–Kier alpha value is -1.03. The Morgan fingerprint density at radius 1 is 1.54 bits per heavy atom. The zero-order valence-corrected chi connectivity index (χ0v) is 7.43. The normalized spacial score (nSPS) is 10.8. The molecule has 13 heavy (non-hydrogen) atoms. The van der Waals surface area contributed by atoms with Gasteiger partial charge in [-0.05, 0) is 19.2 Å². The maximum atomic E-state index is 12.4. The molecular formula is C9H12F2N2. The maximum Gasteiger partial charge on any atom is 0.265 e. The number of hydrogen-bond acceptors (Lipinski definition) is 2. The van der Waals surface area contributed by atoms with Crippen molar-refractivity contribution >= 4 is 0 Å². The fourth-order valence-corrected chi connectivity index (χ4v) is 1.10. The van der Waals surface area contributed by atoms with E-state index in [-0.39, 0.29) is 5.56 Å². The first-order valence-corrected chi connectivity index (χ1v) is 4.12. The first-order valence-electron chi connectivity index (χ1n) is 4.12. The molecule has 0 spiro atoms. The topological polar surface area (TPSA) is 24.9 Å². The number of nitrogens with zero attached hydrogens (tertiary/aromatic N) is 1. The Morgan fingerprint density at radius 2 is 2.31 bits per heavy atom. The third-order valence-electron chi connectivity index (χ3n) is 1.77. The van der Waals surface area contributed by atoms with Crippen molar-refractivity contribution in [3.8, 4) is 0 Å². The number of alkyl halides is 2. The summed E-state index contributed by atoms with van der Waals surface area (Å²) in [5.41, 5.74) is 0.518. The van der Waals surface area contributed by atoms with E-state index in [1.54, 1.807) is 7.05 Å². The first kappa shape index (κ1) is 10.1. The van der Waals surface area contributed by atoms with E-state index in [4.69, 9.17) is 0 Å². The predicted molar refractivity (Wildman–Crippen MR) is 46.8 cm³/mol. The molecule has 0 radical (unpaired) electrons. The highest BCUT2D eigenvalue weighted by Crippen LogP contribution is 2.20. The van der Waals surface area contributed by atoms with Crippen LogP contribution < -0.4 is 5.32 Å². The molecular weight excluding hydrogens is 174 g/mol. The zero-order chi connectivity index (χ0) is 9.68. The van der Waals surface area contributed by atoms with E-state index in [0.29, 0.717) is 18.7 Å². The minimum Gasteiger partial charge on any atom is -0.319 e. The van der Waals surface area contributed by atoms with Gasteiger partial charge >= 0.3 is 0 Å². The summed E-state index contributed by atoms with van der Waals surface area (Å²) in [6, 6.07) is 2.95. The molecule has 1 N–H and O–H groups in total. The second-order valence-corrected chi connectivity index (χ2v) is 2.69. The molecule has 0 aliphatic heterocycles. The predicted octanol–water partition coefficient (Wildman–Crippen LogP) is 1.78. The van der Waals surface area contributed by atoms with Gasteiger partial charge in [-0.15, -0.1) is 0 Å². The van der Waals surface area contributed by atoms with Gasteiger partial charge in [0.25, 0.3) is 6.43 Å². The first-order chi connectivity index (χ1) is 6.25. The van der Waals surface area contributed by atoms with Crippen LogP contribution in [-0.2, 0) is 6.42 Å². The largest absolute Gasteiger partial charge is 0.319 e. The summed E-state index contributed by atoms with van der Waals surface area (Å²) in [7, 11) is 1.78. The van der Waals surface area contributed by atoms with Crippen LogP contribution in [0.2, 0.25) is 0 Å². The molecule has 72 valence electrons. The van der Waals surface area contributed by atoms with E-state index in [1.807, 2.05) is 0 Å². The molecule has 0 bridgehead atoms. The monoisotopic (exact) mass is 186 g/mol. The van der Waals surface area contributed by atoms with Gasteiger partial charge in [-0.1, -0.05) is 0 Å². The van der Waals surface area contributed by atoms with E-state index in [2.05, 4.69) is 10.3 Å². The van der Waals surface area contributed by atoms with Gasteiger partial charge in [0.1, 0.15) is 0 Å². The van der Waals surface area contributed by atoms with Gasteiger partial charge in [-0.2, -0.15) is 0 Å². The lowest BCUT2D eigenvalue weighted by atomic mass is 10.1. The van der Waals surface area contributed by atoms with Crippen LogP contribution in [0, 0.1) is 0 Å². The van der Waals surface area contributed by atoms with Crippen LogP contribution in [0.5, 0.6) is 0 Å². The van der Waals surface area contributed by atoms with Crippen LogP contribution in [0.25, 0.3) is 0 Å². The standard InChI is InChI=1S/C9H12F2N2/c1-12-6-4-8-7(9(10)11)3-2-5-13-8/h2-3,5,9,12H,4,6H2,1H3. The molecule has 0 aliphatic rings. The highest BCUT2D eigenvalue weighted by molar-refractivity contribution is 5.21. The van der Waals surface area contributed by atoms with Crippen molar-refractivity contribution in [2.75, 3.05) is 13.6 Å².